The van der Waals surface area contributed by atoms with Gasteiger partial charge in [-0.25, -0.2) is 9.78 Å². The van der Waals surface area contributed by atoms with E-state index in [0.29, 0.717) is 12.3 Å². The molecule has 1 aliphatic heterocycles. The third-order valence-corrected chi connectivity index (χ3v) is 3.68. The van der Waals surface area contributed by atoms with Crippen molar-refractivity contribution in [3.8, 4) is 5.75 Å². The van der Waals surface area contributed by atoms with Gasteiger partial charge in [-0.05, 0) is 30.9 Å². The van der Waals surface area contributed by atoms with Crippen molar-refractivity contribution >= 4 is 23.6 Å². The molecule has 0 spiro atoms. The third kappa shape index (κ3) is 2.75. The molecule has 0 saturated heterocycles. The summed E-state index contributed by atoms with van der Waals surface area (Å²) in [7, 11) is 0. The van der Waals surface area contributed by atoms with Gasteiger partial charge in [0.2, 0.25) is 0 Å². The van der Waals surface area contributed by atoms with E-state index in [-0.39, 0.29) is 36.1 Å². The first-order chi connectivity index (χ1) is 10.0. The first-order valence-electron chi connectivity index (χ1n) is 6.72. The number of carbonyl (C=O) groups is 2. The van der Waals surface area contributed by atoms with Gasteiger partial charge in [0, 0.05) is 12.6 Å². The Morgan fingerprint density at radius 2 is 2.29 bits per heavy atom. The Bertz CT molecular complexity index is 586. The lowest BCUT2D eigenvalue weighted by Gasteiger charge is -2.35. The SMILES string of the molecule is NC1CC(CN(C(=O)O)c2ccc3c(n2)NC(=O)CO3)C1. The van der Waals surface area contributed by atoms with E-state index in [4.69, 9.17) is 10.5 Å². The predicted octanol–water partition coefficient (Wildman–Crippen LogP) is 0.634. The summed E-state index contributed by atoms with van der Waals surface area (Å²) >= 11 is 0. The van der Waals surface area contributed by atoms with E-state index in [2.05, 4.69) is 10.3 Å². The zero-order valence-electron chi connectivity index (χ0n) is 11.3. The Morgan fingerprint density at radius 1 is 1.52 bits per heavy atom. The van der Waals surface area contributed by atoms with Crippen LogP contribution < -0.4 is 20.7 Å². The zero-order valence-corrected chi connectivity index (χ0v) is 11.3. The van der Waals surface area contributed by atoms with Gasteiger partial charge in [-0.2, -0.15) is 0 Å². The molecule has 8 heteroatoms. The van der Waals surface area contributed by atoms with Gasteiger partial charge in [0.15, 0.2) is 18.2 Å². The van der Waals surface area contributed by atoms with Gasteiger partial charge in [0.25, 0.3) is 5.91 Å². The molecular formula is C13H16N4O4. The van der Waals surface area contributed by atoms with Crippen LogP contribution >= 0.6 is 0 Å². The van der Waals surface area contributed by atoms with E-state index in [0.717, 1.165) is 12.8 Å². The number of nitrogens with zero attached hydrogens (tertiary/aromatic N) is 2. The standard InChI is InChI=1S/C13H16N4O4/c14-8-3-7(4-8)5-17(13(19)20)10-2-1-9-12(15-10)16-11(18)6-21-9/h1-2,7-8H,3-6,14H2,(H,19,20)(H,15,16,18). The van der Waals surface area contributed by atoms with E-state index < -0.39 is 6.09 Å². The normalized spacial score (nSPS) is 23.4. The van der Waals surface area contributed by atoms with Crippen molar-refractivity contribution < 1.29 is 19.4 Å². The number of carbonyl (C=O) groups excluding carboxylic acids is 1. The van der Waals surface area contributed by atoms with Crippen molar-refractivity contribution in [1.82, 2.24) is 4.98 Å². The number of ether oxygens (including phenoxy) is 1. The van der Waals surface area contributed by atoms with Crippen LogP contribution in [0.3, 0.4) is 0 Å². The maximum atomic E-state index is 11.4. The summed E-state index contributed by atoms with van der Waals surface area (Å²) in [5, 5.41) is 11.9. The first-order valence-corrected chi connectivity index (χ1v) is 6.72. The summed E-state index contributed by atoms with van der Waals surface area (Å²) in [4.78, 5) is 28.1. The first kappa shape index (κ1) is 13.6. The summed E-state index contributed by atoms with van der Waals surface area (Å²) < 4.78 is 5.20. The molecule has 2 heterocycles. The molecular weight excluding hydrogens is 276 g/mol. The van der Waals surface area contributed by atoms with Crippen LogP contribution in [0.1, 0.15) is 12.8 Å². The quantitative estimate of drug-likeness (QED) is 0.752. The van der Waals surface area contributed by atoms with E-state index in [1.165, 1.54) is 4.90 Å². The predicted molar refractivity (Wildman–Crippen MR) is 74.4 cm³/mol. The van der Waals surface area contributed by atoms with Gasteiger partial charge in [-0.1, -0.05) is 0 Å². The number of nitrogens with two attached hydrogens (primary N) is 1. The van der Waals surface area contributed by atoms with Crippen LogP contribution in [-0.4, -0.2) is 41.3 Å². The number of nitrogens with one attached hydrogen (secondary N) is 1. The Morgan fingerprint density at radius 3 is 2.95 bits per heavy atom. The van der Waals surface area contributed by atoms with Crippen molar-refractivity contribution in [3.05, 3.63) is 12.1 Å². The minimum Gasteiger partial charge on any atom is -0.480 e. The van der Waals surface area contributed by atoms with Crippen LogP contribution in [-0.2, 0) is 4.79 Å². The van der Waals surface area contributed by atoms with Crippen LogP contribution in [0.2, 0.25) is 0 Å². The van der Waals surface area contributed by atoms with Gasteiger partial charge in [-0.15, -0.1) is 0 Å². The number of amides is 2. The molecule has 2 aliphatic rings. The smallest absolute Gasteiger partial charge is 0.413 e. The molecule has 4 N–H and O–H groups in total. The number of anilines is 2. The number of rotatable bonds is 3. The minimum atomic E-state index is -1.08. The fourth-order valence-electron chi connectivity index (χ4n) is 2.57. The number of aromatic nitrogens is 1. The van der Waals surface area contributed by atoms with E-state index in [1.54, 1.807) is 12.1 Å². The fourth-order valence-corrected chi connectivity index (χ4v) is 2.57. The van der Waals surface area contributed by atoms with Crippen LogP contribution in [0.15, 0.2) is 12.1 Å². The molecule has 1 aromatic rings. The molecule has 1 aliphatic carbocycles. The lowest BCUT2D eigenvalue weighted by Crippen LogP contribution is -2.44. The molecule has 8 nitrogen and oxygen atoms in total. The van der Waals surface area contributed by atoms with Gasteiger partial charge < -0.3 is 20.9 Å². The third-order valence-electron chi connectivity index (χ3n) is 3.68. The summed E-state index contributed by atoms with van der Waals surface area (Å²) in [5.74, 6) is 0.904. The molecule has 0 bridgehead atoms. The number of carboxylic acid groups (broad SMARTS) is 1. The Balaban J connectivity index is 1.80. The molecule has 21 heavy (non-hydrogen) atoms. The molecule has 0 radical (unpaired) electrons. The van der Waals surface area contributed by atoms with Crippen molar-refractivity contribution in [2.24, 2.45) is 11.7 Å². The molecule has 0 unspecified atom stereocenters. The van der Waals surface area contributed by atoms with Gasteiger partial charge >= 0.3 is 6.09 Å². The van der Waals surface area contributed by atoms with Gasteiger partial charge in [0.05, 0.1) is 0 Å². The van der Waals surface area contributed by atoms with E-state index in [1.807, 2.05) is 0 Å². The zero-order chi connectivity index (χ0) is 15.0. The van der Waals surface area contributed by atoms with Crippen molar-refractivity contribution in [2.45, 2.75) is 18.9 Å². The van der Waals surface area contributed by atoms with Crippen molar-refractivity contribution in [1.29, 1.82) is 0 Å². The highest BCUT2D eigenvalue weighted by Crippen LogP contribution is 2.31. The second-order valence-electron chi connectivity index (χ2n) is 5.34. The fraction of sp³-hybridized carbons (Fsp3) is 0.462. The largest absolute Gasteiger partial charge is 0.480 e. The topological polar surface area (TPSA) is 118 Å². The van der Waals surface area contributed by atoms with Gasteiger partial charge in [-0.3, -0.25) is 9.69 Å². The van der Waals surface area contributed by atoms with Crippen LogP contribution in [0.25, 0.3) is 0 Å². The molecule has 112 valence electrons. The van der Waals surface area contributed by atoms with Crippen LogP contribution in [0.4, 0.5) is 16.4 Å². The molecule has 1 saturated carbocycles. The average molecular weight is 292 g/mol. The highest BCUT2D eigenvalue weighted by molar-refractivity contribution is 5.95. The van der Waals surface area contributed by atoms with E-state index in [9.17, 15) is 14.7 Å². The molecule has 3 rings (SSSR count). The van der Waals surface area contributed by atoms with E-state index >= 15 is 0 Å². The summed E-state index contributed by atoms with van der Waals surface area (Å²) in [5.41, 5.74) is 5.72. The molecule has 1 aromatic heterocycles. The second-order valence-corrected chi connectivity index (χ2v) is 5.34. The van der Waals surface area contributed by atoms with Gasteiger partial charge in [0.1, 0.15) is 5.82 Å². The maximum Gasteiger partial charge on any atom is 0.413 e. The Labute approximate surface area is 120 Å². The minimum absolute atomic E-state index is 0.0589. The number of hydrogen-bond donors (Lipinski definition) is 3. The van der Waals surface area contributed by atoms with Crippen LogP contribution in [0, 0.1) is 5.92 Å². The molecule has 0 aromatic carbocycles. The highest BCUT2D eigenvalue weighted by atomic mass is 16.5. The van der Waals surface area contributed by atoms with Crippen LogP contribution in [0.5, 0.6) is 5.75 Å². The number of fused-ring (bicyclic) bond motifs is 1. The summed E-state index contributed by atoms with van der Waals surface area (Å²) in [6.45, 7) is 0.292. The summed E-state index contributed by atoms with van der Waals surface area (Å²) in [6.07, 6.45) is 0.550. The Kier molecular flexibility index (Phi) is 3.38. The van der Waals surface area contributed by atoms with Crippen molar-refractivity contribution in [2.75, 3.05) is 23.4 Å². The average Bonchev–Trinajstić information content (AvgIpc) is 2.41. The van der Waals surface area contributed by atoms with Crippen molar-refractivity contribution in [3.63, 3.8) is 0 Å². The monoisotopic (exact) mass is 292 g/mol. The Hall–Kier alpha value is -2.35. The highest BCUT2D eigenvalue weighted by Gasteiger charge is 2.31. The molecule has 0 atom stereocenters. The lowest BCUT2D eigenvalue weighted by atomic mass is 9.80. The molecule has 2 amide bonds. The second kappa shape index (κ2) is 5.21. The number of hydrogen-bond acceptors (Lipinski definition) is 5. The maximum absolute atomic E-state index is 11.4. The summed E-state index contributed by atoms with van der Waals surface area (Å²) in [6, 6.07) is 3.34. The lowest BCUT2D eigenvalue weighted by molar-refractivity contribution is -0.118. The molecule has 1 fully saturated rings. The number of pyridine rings is 1.